The zero-order chi connectivity index (χ0) is 13.5. The second-order valence-corrected chi connectivity index (χ2v) is 4.14. The Hall–Kier alpha value is -1.88. The van der Waals surface area contributed by atoms with Crippen LogP contribution in [0.5, 0.6) is 0 Å². The van der Waals surface area contributed by atoms with Gasteiger partial charge in [-0.2, -0.15) is 0 Å². The predicted molar refractivity (Wildman–Crippen MR) is 66.4 cm³/mol. The first-order valence-electron chi connectivity index (χ1n) is 5.76. The average molecular weight is 251 g/mol. The van der Waals surface area contributed by atoms with Crippen LogP contribution in [0.4, 0.5) is 0 Å². The zero-order valence-corrected chi connectivity index (χ0v) is 10.2. The van der Waals surface area contributed by atoms with E-state index in [1.54, 1.807) is 0 Å². The second kappa shape index (κ2) is 6.76. The highest BCUT2D eigenvalue weighted by Gasteiger charge is 2.22. The lowest BCUT2D eigenvalue weighted by molar-refractivity contribution is -0.142. The van der Waals surface area contributed by atoms with Crippen molar-refractivity contribution in [2.24, 2.45) is 0 Å². The van der Waals surface area contributed by atoms with Crippen molar-refractivity contribution in [2.45, 2.75) is 31.8 Å². The highest BCUT2D eigenvalue weighted by molar-refractivity contribution is 5.77. The van der Waals surface area contributed by atoms with Crippen LogP contribution in [0.2, 0.25) is 0 Å². The van der Waals surface area contributed by atoms with Crippen molar-refractivity contribution in [1.82, 2.24) is 5.32 Å². The molecule has 1 aromatic rings. The lowest BCUT2D eigenvalue weighted by Gasteiger charge is -2.17. The first kappa shape index (κ1) is 14.2. The number of carbonyl (C=O) groups is 2. The van der Waals surface area contributed by atoms with Crippen LogP contribution >= 0.6 is 0 Å². The largest absolute Gasteiger partial charge is 0.480 e. The van der Waals surface area contributed by atoms with Crippen molar-refractivity contribution >= 4 is 11.9 Å². The lowest BCUT2D eigenvalue weighted by atomic mass is 10.0. The topological polar surface area (TPSA) is 86.6 Å². The van der Waals surface area contributed by atoms with Crippen molar-refractivity contribution < 1.29 is 19.8 Å². The molecule has 0 aliphatic heterocycles. The van der Waals surface area contributed by atoms with E-state index in [1.807, 2.05) is 30.3 Å². The van der Waals surface area contributed by atoms with Crippen LogP contribution in [-0.4, -0.2) is 34.2 Å². The molecule has 0 spiro atoms. The second-order valence-electron chi connectivity index (χ2n) is 4.14. The number of benzene rings is 1. The summed E-state index contributed by atoms with van der Waals surface area (Å²) < 4.78 is 0. The van der Waals surface area contributed by atoms with Crippen molar-refractivity contribution in [3.8, 4) is 0 Å². The molecule has 0 bridgehead atoms. The third-order valence-corrected chi connectivity index (χ3v) is 2.68. The van der Waals surface area contributed by atoms with Crippen LogP contribution < -0.4 is 5.32 Å². The third-order valence-electron chi connectivity index (χ3n) is 2.68. The summed E-state index contributed by atoms with van der Waals surface area (Å²) in [5.41, 5.74) is 1.04. The molecule has 0 radical (unpaired) electrons. The van der Waals surface area contributed by atoms with Gasteiger partial charge in [0.15, 0.2) is 0 Å². The molecule has 1 rings (SSSR count). The number of carboxylic acid groups (broad SMARTS) is 2. The maximum absolute atomic E-state index is 11.0. The van der Waals surface area contributed by atoms with Gasteiger partial charge in [0, 0.05) is 0 Å². The van der Waals surface area contributed by atoms with E-state index in [1.165, 1.54) is 6.92 Å². The summed E-state index contributed by atoms with van der Waals surface area (Å²) in [6.07, 6.45) is 0.952. The highest BCUT2D eigenvalue weighted by atomic mass is 16.4. The van der Waals surface area contributed by atoms with Gasteiger partial charge in [-0.25, -0.2) is 0 Å². The van der Waals surface area contributed by atoms with Crippen LogP contribution in [0.3, 0.4) is 0 Å². The molecular formula is C13H17NO4. The minimum Gasteiger partial charge on any atom is -0.480 e. The first-order chi connectivity index (χ1) is 8.50. The van der Waals surface area contributed by atoms with Crippen molar-refractivity contribution in [2.75, 3.05) is 0 Å². The van der Waals surface area contributed by atoms with Gasteiger partial charge in [-0.3, -0.25) is 14.9 Å². The minimum atomic E-state index is -1.05. The van der Waals surface area contributed by atoms with Gasteiger partial charge >= 0.3 is 11.9 Å². The minimum absolute atomic E-state index is 0.358. The van der Waals surface area contributed by atoms with Crippen LogP contribution in [0.25, 0.3) is 0 Å². The van der Waals surface area contributed by atoms with Gasteiger partial charge in [0.1, 0.15) is 12.1 Å². The van der Waals surface area contributed by atoms with E-state index in [0.717, 1.165) is 5.56 Å². The fourth-order valence-electron chi connectivity index (χ4n) is 1.61. The smallest absolute Gasteiger partial charge is 0.320 e. The summed E-state index contributed by atoms with van der Waals surface area (Å²) in [6, 6.07) is 7.77. The Morgan fingerprint density at radius 2 is 1.78 bits per heavy atom. The van der Waals surface area contributed by atoms with Crippen LogP contribution in [-0.2, 0) is 16.0 Å². The van der Waals surface area contributed by atoms with Gasteiger partial charge in [0.2, 0.25) is 0 Å². The number of nitrogens with one attached hydrogen (secondary N) is 1. The molecule has 3 N–H and O–H groups in total. The van der Waals surface area contributed by atoms with Crippen LogP contribution in [0.1, 0.15) is 18.9 Å². The molecule has 0 aliphatic carbocycles. The summed E-state index contributed by atoms with van der Waals surface area (Å²) in [7, 11) is 0. The number of hydrogen-bond acceptors (Lipinski definition) is 3. The summed E-state index contributed by atoms with van der Waals surface area (Å²) in [4.78, 5) is 21.7. The molecule has 0 heterocycles. The van der Waals surface area contributed by atoms with Crippen LogP contribution in [0.15, 0.2) is 30.3 Å². The quantitative estimate of drug-likeness (QED) is 0.676. The number of rotatable bonds is 7. The van der Waals surface area contributed by atoms with Gasteiger partial charge in [0.05, 0.1) is 0 Å². The first-order valence-corrected chi connectivity index (χ1v) is 5.76. The molecule has 98 valence electrons. The van der Waals surface area contributed by atoms with E-state index in [-0.39, 0.29) is 0 Å². The molecule has 0 fully saturated rings. The molecule has 0 unspecified atom stereocenters. The molecular weight excluding hydrogens is 234 g/mol. The molecule has 2 atom stereocenters. The van der Waals surface area contributed by atoms with Gasteiger partial charge in [0.25, 0.3) is 0 Å². The summed E-state index contributed by atoms with van der Waals surface area (Å²) in [5.74, 6) is -2.08. The number of carboxylic acids is 2. The average Bonchev–Trinajstić information content (AvgIpc) is 2.34. The Morgan fingerprint density at radius 3 is 2.28 bits per heavy atom. The maximum Gasteiger partial charge on any atom is 0.320 e. The summed E-state index contributed by atoms with van der Waals surface area (Å²) in [6.45, 7) is 1.43. The standard InChI is InChI=1S/C13H17NO4/c1-9(12(15)16)14-11(13(17)18)8-7-10-5-3-2-4-6-10/h2-6,9,11,14H,7-8H2,1H3,(H,15,16)(H,17,18)/t9-,11-/m0/s1. The van der Waals surface area contributed by atoms with E-state index in [4.69, 9.17) is 10.2 Å². The van der Waals surface area contributed by atoms with E-state index < -0.39 is 24.0 Å². The molecule has 0 amide bonds. The highest BCUT2D eigenvalue weighted by Crippen LogP contribution is 2.06. The lowest BCUT2D eigenvalue weighted by Crippen LogP contribution is -2.45. The number of hydrogen-bond donors (Lipinski definition) is 3. The monoisotopic (exact) mass is 251 g/mol. The normalized spacial score (nSPS) is 13.8. The Balaban J connectivity index is 2.53. The molecule has 0 aromatic heterocycles. The number of aryl methyl sites for hydroxylation is 1. The Bertz CT molecular complexity index is 405. The Labute approximate surface area is 105 Å². The fraction of sp³-hybridized carbons (Fsp3) is 0.385. The predicted octanol–water partition coefficient (Wildman–Crippen LogP) is 1.14. The van der Waals surface area contributed by atoms with Crippen molar-refractivity contribution in [3.05, 3.63) is 35.9 Å². The van der Waals surface area contributed by atoms with E-state index >= 15 is 0 Å². The summed E-state index contributed by atoms with van der Waals surface area (Å²) in [5, 5.41) is 20.4. The van der Waals surface area contributed by atoms with Crippen molar-refractivity contribution in [1.29, 1.82) is 0 Å². The molecule has 5 nitrogen and oxygen atoms in total. The Kier molecular flexibility index (Phi) is 5.32. The van der Waals surface area contributed by atoms with E-state index in [2.05, 4.69) is 5.32 Å². The third kappa shape index (κ3) is 4.55. The van der Waals surface area contributed by atoms with Gasteiger partial charge in [-0.15, -0.1) is 0 Å². The van der Waals surface area contributed by atoms with Crippen LogP contribution in [0, 0.1) is 0 Å². The summed E-state index contributed by atoms with van der Waals surface area (Å²) >= 11 is 0. The molecule has 0 saturated carbocycles. The SMILES string of the molecule is C[C@H](N[C@@H](CCc1ccccc1)C(=O)O)C(=O)O. The fourth-order valence-corrected chi connectivity index (χ4v) is 1.61. The zero-order valence-electron chi connectivity index (χ0n) is 10.2. The van der Waals surface area contributed by atoms with E-state index in [9.17, 15) is 9.59 Å². The molecule has 5 heteroatoms. The molecule has 1 aromatic carbocycles. The van der Waals surface area contributed by atoms with E-state index in [0.29, 0.717) is 12.8 Å². The van der Waals surface area contributed by atoms with Gasteiger partial charge in [-0.1, -0.05) is 30.3 Å². The Morgan fingerprint density at radius 1 is 1.17 bits per heavy atom. The van der Waals surface area contributed by atoms with Gasteiger partial charge in [-0.05, 0) is 25.3 Å². The van der Waals surface area contributed by atoms with Crippen molar-refractivity contribution in [3.63, 3.8) is 0 Å². The number of aliphatic carboxylic acids is 2. The van der Waals surface area contributed by atoms with Gasteiger partial charge < -0.3 is 10.2 Å². The maximum atomic E-state index is 11.0. The molecule has 0 saturated heterocycles. The molecule has 0 aliphatic rings. The molecule has 18 heavy (non-hydrogen) atoms.